The van der Waals surface area contributed by atoms with E-state index in [0.29, 0.717) is 17.3 Å². The number of carbonyl (C=O) groups is 2. The molecule has 7 nitrogen and oxygen atoms in total. The van der Waals surface area contributed by atoms with Crippen molar-refractivity contribution in [3.63, 3.8) is 0 Å². The maximum Gasteiger partial charge on any atom is 0.240 e. The smallest absolute Gasteiger partial charge is 0.240 e. The lowest BCUT2D eigenvalue weighted by Crippen LogP contribution is -2.41. The van der Waals surface area contributed by atoms with Crippen LogP contribution in [0.3, 0.4) is 0 Å². The van der Waals surface area contributed by atoms with Gasteiger partial charge in [-0.25, -0.2) is 0 Å². The van der Waals surface area contributed by atoms with E-state index in [-0.39, 0.29) is 5.91 Å². The molecule has 0 unspecified atom stereocenters. The summed E-state index contributed by atoms with van der Waals surface area (Å²) in [5, 5.41) is 9.16. The molecular weight excluding hydrogens is 344 g/mol. The Kier molecular flexibility index (Phi) is 5.48. The number of amides is 2. The van der Waals surface area contributed by atoms with Crippen LogP contribution in [0.5, 0.6) is 0 Å². The fraction of sp³-hybridized carbons (Fsp3) is 0.450. The van der Waals surface area contributed by atoms with Gasteiger partial charge in [0.25, 0.3) is 0 Å². The molecule has 1 saturated heterocycles. The Bertz CT molecular complexity index is 805. The van der Waals surface area contributed by atoms with Crippen LogP contribution in [0.1, 0.15) is 38.9 Å². The molecule has 0 bridgehead atoms. The highest BCUT2D eigenvalue weighted by Crippen LogP contribution is 2.24. The zero-order valence-electron chi connectivity index (χ0n) is 16.0. The predicted molar refractivity (Wildman–Crippen MR) is 105 cm³/mol. The number of hydrogen-bond donors (Lipinski definition) is 2. The standard InChI is InChI=1S/C20H26N4O3/c1-14-13-17(23-27-14)22-19(26)20(2,3)18(25)21-15-7-9-16(10-8-15)24-11-5-4-6-12-24/h7-10,13H,4-6,11-12H2,1-3H3,(H,21,25)(H,22,23,26). The Labute approximate surface area is 159 Å². The molecule has 2 heterocycles. The van der Waals surface area contributed by atoms with Gasteiger partial charge >= 0.3 is 0 Å². The first kappa shape index (κ1) is 18.9. The topological polar surface area (TPSA) is 87.5 Å². The SMILES string of the molecule is Cc1cc(NC(=O)C(C)(C)C(=O)Nc2ccc(N3CCCCC3)cc2)no1. The number of nitrogens with one attached hydrogen (secondary N) is 2. The molecule has 0 aliphatic carbocycles. The van der Waals surface area contributed by atoms with Gasteiger partial charge in [0.15, 0.2) is 5.82 Å². The minimum Gasteiger partial charge on any atom is -0.372 e. The molecule has 0 spiro atoms. The maximum atomic E-state index is 12.6. The fourth-order valence-electron chi connectivity index (χ4n) is 3.00. The van der Waals surface area contributed by atoms with Crippen molar-refractivity contribution in [2.24, 2.45) is 5.41 Å². The van der Waals surface area contributed by atoms with Gasteiger partial charge in [-0.3, -0.25) is 9.59 Å². The zero-order valence-corrected chi connectivity index (χ0v) is 16.0. The van der Waals surface area contributed by atoms with E-state index in [1.165, 1.54) is 19.3 Å². The molecule has 0 atom stereocenters. The molecular formula is C20H26N4O3. The molecule has 2 aromatic rings. The number of piperidine rings is 1. The highest BCUT2D eigenvalue weighted by Gasteiger charge is 2.36. The van der Waals surface area contributed by atoms with E-state index in [0.717, 1.165) is 18.8 Å². The lowest BCUT2D eigenvalue weighted by Gasteiger charge is -2.29. The van der Waals surface area contributed by atoms with Crippen LogP contribution in [0.2, 0.25) is 0 Å². The van der Waals surface area contributed by atoms with E-state index in [2.05, 4.69) is 20.7 Å². The zero-order chi connectivity index (χ0) is 19.4. The molecule has 1 aromatic carbocycles. The largest absolute Gasteiger partial charge is 0.372 e. The van der Waals surface area contributed by atoms with Gasteiger partial charge in [0.2, 0.25) is 11.8 Å². The Morgan fingerprint density at radius 3 is 2.26 bits per heavy atom. The molecule has 2 N–H and O–H groups in total. The van der Waals surface area contributed by atoms with Crippen LogP contribution in [-0.2, 0) is 9.59 Å². The summed E-state index contributed by atoms with van der Waals surface area (Å²) in [6.07, 6.45) is 3.72. The molecule has 7 heteroatoms. The van der Waals surface area contributed by atoms with Crippen LogP contribution in [-0.4, -0.2) is 30.1 Å². The Morgan fingerprint density at radius 1 is 1.04 bits per heavy atom. The summed E-state index contributed by atoms with van der Waals surface area (Å²) < 4.78 is 4.93. The molecule has 0 radical (unpaired) electrons. The minimum absolute atomic E-state index is 0.296. The van der Waals surface area contributed by atoms with Gasteiger partial charge in [-0.2, -0.15) is 0 Å². The van der Waals surface area contributed by atoms with E-state index >= 15 is 0 Å². The van der Waals surface area contributed by atoms with Crippen molar-refractivity contribution in [3.05, 3.63) is 36.1 Å². The highest BCUT2D eigenvalue weighted by atomic mass is 16.5. The third-order valence-electron chi connectivity index (χ3n) is 4.85. The molecule has 144 valence electrons. The minimum atomic E-state index is -1.27. The first-order valence-electron chi connectivity index (χ1n) is 9.27. The van der Waals surface area contributed by atoms with E-state index in [9.17, 15) is 9.59 Å². The second-order valence-corrected chi connectivity index (χ2v) is 7.45. The van der Waals surface area contributed by atoms with Crippen LogP contribution in [0.25, 0.3) is 0 Å². The number of carbonyl (C=O) groups excluding carboxylic acids is 2. The lowest BCUT2D eigenvalue weighted by molar-refractivity contribution is -0.135. The Balaban J connectivity index is 1.61. The van der Waals surface area contributed by atoms with Crippen molar-refractivity contribution in [2.75, 3.05) is 28.6 Å². The average molecular weight is 370 g/mol. The Hall–Kier alpha value is -2.83. The molecule has 2 amide bonds. The molecule has 1 aliphatic rings. The molecule has 3 rings (SSSR count). The van der Waals surface area contributed by atoms with Gasteiger partial charge in [0.1, 0.15) is 11.2 Å². The summed E-state index contributed by atoms with van der Waals surface area (Å²) >= 11 is 0. The summed E-state index contributed by atoms with van der Waals surface area (Å²) in [5.41, 5.74) is 0.559. The normalized spacial score (nSPS) is 14.7. The number of nitrogens with zero attached hydrogens (tertiary/aromatic N) is 2. The maximum absolute atomic E-state index is 12.6. The van der Waals surface area contributed by atoms with Gasteiger partial charge in [-0.1, -0.05) is 5.16 Å². The molecule has 0 saturated carbocycles. The summed E-state index contributed by atoms with van der Waals surface area (Å²) in [4.78, 5) is 27.5. The summed E-state index contributed by atoms with van der Waals surface area (Å²) in [6, 6.07) is 9.36. The first-order chi connectivity index (χ1) is 12.9. The highest BCUT2D eigenvalue weighted by molar-refractivity contribution is 6.13. The van der Waals surface area contributed by atoms with Crippen molar-refractivity contribution in [1.29, 1.82) is 0 Å². The fourth-order valence-corrected chi connectivity index (χ4v) is 3.00. The van der Waals surface area contributed by atoms with Crippen LogP contribution in [0, 0.1) is 12.3 Å². The van der Waals surface area contributed by atoms with Gasteiger partial charge < -0.3 is 20.1 Å². The average Bonchev–Trinajstić information content (AvgIpc) is 3.07. The van der Waals surface area contributed by atoms with Crippen molar-refractivity contribution in [3.8, 4) is 0 Å². The number of hydrogen-bond acceptors (Lipinski definition) is 5. The number of rotatable bonds is 5. The lowest BCUT2D eigenvalue weighted by atomic mass is 9.91. The number of aryl methyl sites for hydroxylation is 1. The first-order valence-corrected chi connectivity index (χ1v) is 9.27. The quantitative estimate of drug-likeness (QED) is 0.786. The molecule has 1 aromatic heterocycles. The van der Waals surface area contributed by atoms with Gasteiger partial charge in [0.05, 0.1) is 0 Å². The monoisotopic (exact) mass is 370 g/mol. The number of anilines is 3. The summed E-state index contributed by atoms with van der Waals surface area (Å²) in [6.45, 7) is 7.02. The van der Waals surface area contributed by atoms with Crippen molar-refractivity contribution >= 4 is 29.0 Å². The van der Waals surface area contributed by atoms with Crippen LogP contribution in [0.4, 0.5) is 17.2 Å². The van der Waals surface area contributed by atoms with Crippen molar-refractivity contribution in [2.45, 2.75) is 40.0 Å². The van der Waals surface area contributed by atoms with E-state index in [4.69, 9.17) is 4.52 Å². The van der Waals surface area contributed by atoms with Crippen LogP contribution < -0.4 is 15.5 Å². The molecule has 27 heavy (non-hydrogen) atoms. The van der Waals surface area contributed by atoms with E-state index < -0.39 is 11.3 Å². The molecule has 1 aliphatic heterocycles. The predicted octanol–water partition coefficient (Wildman–Crippen LogP) is 3.58. The third-order valence-corrected chi connectivity index (χ3v) is 4.85. The van der Waals surface area contributed by atoms with Crippen LogP contribution in [0.15, 0.2) is 34.9 Å². The van der Waals surface area contributed by atoms with Crippen molar-refractivity contribution in [1.82, 2.24) is 5.16 Å². The number of aromatic nitrogens is 1. The second-order valence-electron chi connectivity index (χ2n) is 7.45. The van der Waals surface area contributed by atoms with E-state index in [1.54, 1.807) is 26.8 Å². The van der Waals surface area contributed by atoms with Gasteiger partial charge in [0, 0.05) is 30.5 Å². The Morgan fingerprint density at radius 2 is 1.67 bits per heavy atom. The van der Waals surface area contributed by atoms with Gasteiger partial charge in [-0.15, -0.1) is 0 Å². The van der Waals surface area contributed by atoms with Gasteiger partial charge in [-0.05, 0) is 64.3 Å². The second kappa shape index (κ2) is 7.82. The number of benzene rings is 1. The van der Waals surface area contributed by atoms with Crippen molar-refractivity contribution < 1.29 is 14.1 Å². The van der Waals surface area contributed by atoms with E-state index in [1.807, 2.05) is 24.3 Å². The molecule has 1 fully saturated rings. The summed E-state index contributed by atoms with van der Waals surface area (Å²) in [7, 11) is 0. The third kappa shape index (κ3) is 4.48. The summed E-state index contributed by atoms with van der Waals surface area (Å²) in [5.74, 6) is 0.0507. The van der Waals surface area contributed by atoms with Crippen LogP contribution >= 0.6 is 0 Å².